The highest BCUT2D eigenvalue weighted by molar-refractivity contribution is 7.92. The minimum atomic E-state index is -2.95. The summed E-state index contributed by atoms with van der Waals surface area (Å²) in [6.45, 7) is 0.811. The van der Waals surface area contributed by atoms with Crippen molar-refractivity contribution in [1.29, 1.82) is 0 Å². The molecule has 0 bridgehead atoms. The van der Waals surface area contributed by atoms with E-state index in [1.54, 1.807) is 17.0 Å². The van der Waals surface area contributed by atoms with Gasteiger partial charge in [0.25, 0.3) is 0 Å². The number of ether oxygens (including phenoxy) is 1. The van der Waals surface area contributed by atoms with Gasteiger partial charge in [0, 0.05) is 24.2 Å². The van der Waals surface area contributed by atoms with Crippen LogP contribution in [0.1, 0.15) is 18.4 Å². The smallest absolute Gasteiger partial charge is 0.411 e. The highest BCUT2D eigenvalue weighted by Gasteiger charge is 2.49. The Morgan fingerprint density at radius 2 is 1.67 bits per heavy atom. The van der Waals surface area contributed by atoms with Crippen molar-refractivity contribution in [3.63, 3.8) is 0 Å². The van der Waals surface area contributed by atoms with Gasteiger partial charge in [-0.05, 0) is 30.5 Å². The van der Waals surface area contributed by atoms with Crippen LogP contribution in [0.4, 0.5) is 25.0 Å². The summed E-state index contributed by atoms with van der Waals surface area (Å²) in [4.78, 5) is 13.5. The number of anilines is 2. The van der Waals surface area contributed by atoms with E-state index in [1.807, 2.05) is 18.2 Å². The van der Waals surface area contributed by atoms with Crippen LogP contribution in [0.25, 0.3) is 0 Å². The number of rotatable bonds is 4. The third-order valence-electron chi connectivity index (χ3n) is 5.67. The maximum Gasteiger partial charge on any atom is 0.411 e. The molecule has 9 heteroatoms. The maximum atomic E-state index is 14.6. The molecule has 2 aromatic rings. The average molecular weight is 436 g/mol. The van der Waals surface area contributed by atoms with Crippen LogP contribution in [0.2, 0.25) is 0 Å². The van der Waals surface area contributed by atoms with Crippen molar-refractivity contribution in [1.82, 2.24) is 0 Å². The molecule has 2 aromatic carbocycles. The van der Waals surface area contributed by atoms with Gasteiger partial charge in [-0.1, -0.05) is 30.3 Å². The fourth-order valence-corrected chi connectivity index (χ4v) is 6.56. The Morgan fingerprint density at radius 3 is 2.23 bits per heavy atom. The van der Waals surface area contributed by atoms with Crippen molar-refractivity contribution in [3.05, 3.63) is 59.7 Å². The van der Waals surface area contributed by atoms with E-state index in [0.29, 0.717) is 25.9 Å². The summed E-state index contributed by atoms with van der Waals surface area (Å²) < 4.78 is 57.3. The molecule has 2 saturated heterocycles. The number of hydrogen-bond acceptors (Lipinski definition) is 5. The van der Waals surface area contributed by atoms with E-state index in [1.165, 1.54) is 0 Å². The topological polar surface area (TPSA) is 75.7 Å². The summed E-state index contributed by atoms with van der Waals surface area (Å²) in [6.07, 6.45) is 0.352. The van der Waals surface area contributed by atoms with Gasteiger partial charge in [-0.3, -0.25) is 5.32 Å². The minimum Gasteiger partial charge on any atom is -0.444 e. The van der Waals surface area contributed by atoms with Gasteiger partial charge in [0.05, 0.1) is 11.5 Å². The number of amides is 1. The normalized spacial score (nSPS) is 19.2. The lowest BCUT2D eigenvalue weighted by Gasteiger charge is -2.47. The highest BCUT2D eigenvalue weighted by Crippen LogP contribution is 2.43. The van der Waals surface area contributed by atoms with Gasteiger partial charge in [-0.15, -0.1) is 0 Å². The number of halogens is 2. The summed E-state index contributed by atoms with van der Waals surface area (Å²) in [5, 5.41) is 2.34. The van der Waals surface area contributed by atoms with E-state index in [9.17, 15) is 22.0 Å². The van der Waals surface area contributed by atoms with Gasteiger partial charge in [0.1, 0.15) is 12.3 Å². The van der Waals surface area contributed by atoms with Crippen LogP contribution in [0.3, 0.4) is 0 Å². The molecule has 1 spiro atoms. The second-order valence-corrected chi connectivity index (χ2v) is 10.1. The molecular weight excluding hydrogens is 414 g/mol. The van der Waals surface area contributed by atoms with Crippen LogP contribution in [0.15, 0.2) is 42.5 Å². The Morgan fingerprint density at radius 1 is 1.07 bits per heavy atom. The van der Waals surface area contributed by atoms with E-state index in [0.717, 1.165) is 17.7 Å². The molecule has 2 heterocycles. The monoisotopic (exact) mass is 436 g/mol. The summed E-state index contributed by atoms with van der Waals surface area (Å²) in [5.74, 6) is -1.25. The molecule has 1 N–H and O–H groups in total. The van der Waals surface area contributed by atoms with Gasteiger partial charge in [0.15, 0.2) is 21.5 Å². The number of benzene rings is 2. The third-order valence-corrected chi connectivity index (χ3v) is 7.77. The molecule has 2 aliphatic heterocycles. The van der Waals surface area contributed by atoms with E-state index in [4.69, 9.17) is 4.74 Å². The lowest BCUT2D eigenvalue weighted by atomic mass is 9.81. The maximum absolute atomic E-state index is 14.6. The molecule has 6 nitrogen and oxygen atoms in total. The number of piperidine rings is 1. The molecule has 0 saturated carbocycles. The average Bonchev–Trinajstić information content (AvgIpc) is 2.67. The molecule has 0 atom stereocenters. The van der Waals surface area contributed by atoms with E-state index in [-0.39, 0.29) is 34.9 Å². The van der Waals surface area contributed by atoms with Crippen LogP contribution in [-0.4, -0.2) is 39.1 Å². The van der Waals surface area contributed by atoms with Crippen LogP contribution in [-0.2, 0) is 21.2 Å². The van der Waals surface area contributed by atoms with E-state index < -0.39 is 27.6 Å². The highest BCUT2D eigenvalue weighted by atomic mass is 32.2. The van der Waals surface area contributed by atoms with Crippen LogP contribution >= 0.6 is 0 Å². The summed E-state index contributed by atoms with van der Waals surface area (Å²) in [7, 11) is -2.95. The standard InChI is InChI=1S/C21H22F2N2O4S/c22-17-10-16(24-20(26)29-12-15-4-2-1-3-5-15)11-18(23)19(17)25-8-6-21(7-9-25)13-30(27,28)14-21/h1-5,10-11H,6-9,12-14H2,(H,24,26). The third kappa shape index (κ3) is 4.40. The van der Waals surface area contributed by atoms with Gasteiger partial charge in [0.2, 0.25) is 0 Å². The van der Waals surface area contributed by atoms with Crippen LogP contribution < -0.4 is 10.2 Å². The largest absolute Gasteiger partial charge is 0.444 e. The lowest BCUT2D eigenvalue weighted by molar-refractivity contribution is 0.155. The fourth-order valence-electron chi connectivity index (χ4n) is 4.20. The van der Waals surface area contributed by atoms with E-state index in [2.05, 4.69) is 5.32 Å². The molecule has 4 rings (SSSR count). The molecule has 160 valence electrons. The summed E-state index contributed by atoms with van der Waals surface area (Å²) in [6, 6.07) is 11.2. The first-order chi connectivity index (χ1) is 14.3. The molecular formula is C21H22F2N2O4S. The molecule has 2 aliphatic rings. The Balaban J connectivity index is 1.37. The van der Waals surface area contributed by atoms with Crippen LogP contribution in [0.5, 0.6) is 0 Å². The molecule has 0 aromatic heterocycles. The minimum absolute atomic E-state index is 0.0367. The number of carbonyl (C=O) groups excluding carboxylic acids is 1. The van der Waals surface area contributed by atoms with Crippen LogP contribution in [0, 0.1) is 17.0 Å². The van der Waals surface area contributed by atoms with Crippen molar-refractivity contribution in [3.8, 4) is 0 Å². The zero-order valence-corrected chi connectivity index (χ0v) is 17.1. The van der Waals surface area contributed by atoms with Gasteiger partial charge in [-0.2, -0.15) is 0 Å². The van der Waals surface area contributed by atoms with Gasteiger partial charge in [-0.25, -0.2) is 22.0 Å². The Bertz CT molecular complexity index is 1010. The Labute approximate surface area is 173 Å². The molecule has 0 aliphatic carbocycles. The second-order valence-electron chi connectivity index (χ2n) is 7.99. The van der Waals surface area contributed by atoms with Crippen molar-refractivity contribution in [2.24, 2.45) is 5.41 Å². The van der Waals surface area contributed by atoms with Gasteiger partial charge < -0.3 is 9.64 Å². The van der Waals surface area contributed by atoms with Crippen molar-refractivity contribution in [2.45, 2.75) is 19.4 Å². The van der Waals surface area contributed by atoms with E-state index >= 15 is 0 Å². The molecule has 2 fully saturated rings. The number of carbonyl (C=O) groups is 1. The number of hydrogen-bond donors (Lipinski definition) is 1. The number of nitrogens with zero attached hydrogens (tertiary/aromatic N) is 1. The van der Waals surface area contributed by atoms with Crippen molar-refractivity contribution in [2.75, 3.05) is 34.8 Å². The fraction of sp³-hybridized carbons (Fsp3) is 0.381. The first kappa shape index (κ1) is 20.6. The first-order valence-corrected chi connectivity index (χ1v) is 11.5. The summed E-state index contributed by atoms with van der Waals surface area (Å²) >= 11 is 0. The Hall–Kier alpha value is -2.68. The predicted octanol–water partition coefficient (Wildman–Crippen LogP) is 3.73. The Kier molecular flexibility index (Phi) is 5.40. The number of sulfone groups is 1. The molecule has 0 radical (unpaired) electrons. The molecule has 1 amide bonds. The van der Waals surface area contributed by atoms with Gasteiger partial charge >= 0.3 is 6.09 Å². The van der Waals surface area contributed by atoms with Crippen molar-refractivity contribution < 1.29 is 26.7 Å². The molecule has 30 heavy (non-hydrogen) atoms. The summed E-state index contributed by atoms with van der Waals surface area (Å²) in [5.41, 5.74) is 0.356. The quantitative estimate of drug-likeness (QED) is 0.791. The zero-order chi connectivity index (χ0) is 21.4. The SMILES string of the molecule is O=C(Nc1cc(F)c(N2CCC3(CC2)CS(=O)(=O)C3)c(F)c1)OCc1ccccc1. The lowest BCUT2D eigenvalue weighted by Crippen LogP contribution is -2.54. The first-order valence-electron chi connectivity index (χ1n) is 9.67. The predicted molar refractivity (Wildman–Crippen MR) is 109 cm³/mol. The number of nitrogens with one attached hydrogen (secondary N) is 1. The zero-order valence-electron chi connectivity index (χ0n) is 16.2. The molecule has 0 unspecified atom stereocenters. The van der Waals surface area contributed by atoms with Crippen molar-refractivity contribution >= 4 is 27.3 Å². The second kappa shape index (κ2) is 7.86.